The molecular formula is C10H11NO5. The van der Waals surface area contributed by atoms with Crippen molar-refractivity contribution in [2.24, 2.45) is 0 Å². The molecule has 0 spiro atoms. The highest BCUT2D eigenvalue weighted by atomic mass is 16.5. The van der Waals surface area contributed by atoms with Gasteiger partial charge in [-0.2, -0.15) is 0 Å². The van der Waals surface area contributed by atoms with Crippen LogP contribution in [0.3, 0.4) is 0 Å². The molecule has 0 aliphatic rings. The fourth-order valence-electron chi connectivity index (χ4n) is 0.954. The van der Waals surface area contributed by atoms with E-state index in [0.717, 1.165) is 12.3 Å². The lowest BCUT2D eigenvalue weighted by atomic mass is 10.3. The lowest BCUT2D eigenvalue weighted by molar-refractivity contribution is -0.141. The number of hydrogen-bond donors (Lipinski definition) is 1. The van der Waals surface area contributed by atoms with Crippen molar-refractivity contribution in [3.63, 3.8) is 0 Å². The first-order valence-electron chi connectivity index (χ1n) is 4.66. The van der Waals surface area contributed by atoms with E-state index in [9.17, 15) is 14.4 Å². The van der Waals surface area contributed by atoms with Gasteiger partial charge in [-0.3, -0.25) is 9.59 Å². The molecule has 0 saturated heterocycles. The molecule has 1 amide bonds. The Labute approximate surface area is 91.2 Å². The van der Waals surface area contributed by atoms with Crippen LogP contribution in [-0.2, 0) is 9.53 Å². The second kappa shape index (κ2) is 5.69. The molecule has 0 aliphatic carbocycles. The summed E-state index contributed by atoms with van der Waals surface area (Å²) < 4.78 is 9.12. The number of hydrogen-bond acceptors (Lipinski definition) is 5. The summed E-state index contributed by atoms with van der Waals surface area (Å²) in [6, 6.07) is 2.44. The van der Waals surface area contributed by atoms with Crippen LogP contribution in [0.2, 0.25) is 0 Å². The molecule has 16 heavy (non-hydrogen) atoms. The van der Waals surface area contributed by atoms with Crippen LogP contribution in [-0.4, -0.2) is 25.0 Å². The van der Waals surface area contributed by atoms with Gasteiger partial charge < -0.3 is 14.5 Å². The van der Waals surface area contributed by atoms with Gasteiger partial charge in [0.25, 0.3) is 5.91 Å². The Kier molecular flexibility index (Phi) is 4.26. The summed E-state index contributed by atoms with van der Waals surface area (Å²) >= 11 is 0. The third kappa shape index (κ3) is 3.56. The maximum absolute atomic E-state index is 11.4. The summed E-state index contributed by atoms with van der Waals surface area (Å²) in [6.45, 7) is 1.71. The lowest BCUT2D eigenvalue weighted by Crippen LogP contribution is -2.30. The van der Waals surface area contributed by atoms with E-state index in [1.807, 2.05) is 0 Å². The molecule has 6 nitrogen and oxygen atoms in total. The molecule has 0 unspecified atom stereocenters. The molecule has 1 aromatic rings. The Balaban J connectivity index is 2.50. The predicted octanol–water partition coefficient (Wildman–Crippen LogP) is -0.0673. The standard InChI is InChI=1S/C10H11NO5/c1-2-15-9(13)5-11-10(14)7-3-4-8(12)16-6-7/h3-4,6H,2,5H2,1H3,(H,11,14). The fraction of sp³-hybridized carbons (Fsp3) is 0.300. The number of nitrogens with one attached hydrogen (secondary N) is 1. The van der Waals surface area contributed by atoms with Gasteiger partial charge in [-0.1, -0.05) is 0 Å². The highest BCUT2D eigenvalue weighted by Gasteiger charge is 2.08. The minimum absolute atomic E-state index is 0.170. The van der Waals surface area contributed by atoms with Gasteiger partial charge in [0.05, 0.1) is 12.2 Å². The monoisotopic (exact) mass is 225 g/mol. The summed E-state index contributed by atoms with van der Waals surface area (Å²) in [4.78, 5) is 32.9. The molecule has 0 aromatic carbocycles. The second-order valence-corrected chi connectivity index (χ2v) is 2.83. The molecule has 0 saturated carbocycles. The molecule has 6 heteroatoms. The van der Waals surface area contributed by atoms with Crippen molar-refractivity contribution in [3.05, 3.63) is 34.4 Å². The van der Waals surface area contributed by atoms with Crippen molar-refractivity contribution < 1.29 is 18.7 Å². The van der Waals surface area contributed by atoms with Crippen LogP contribution in [0.5, 0.6) is 0 Å². The zero-order valence-corrected chi connectivity index (χ0v) is 8.69. The Morgan fingerprint density at radius 3 is 2.75 bits per heavy atom. The molecule has 1 rings (SSSR count). The molecule has 0 atom stereocenters. The van der Waals surface area contributed by atoms with Gasteiger partial charge in [0.2, 0.25) is 0 Å². The quantitative estimate of drug-likeness (QED) is 0.725. The number of carbonyl (C=O) groups is 2. The van der Waals surface area contributed by atoms with Gasteiger partial charge in [0.15, 0.2) is 0 Å². The first-order chi connectivity index (χ1) is 7.63. The molecule has 0 fully saturated rings. The van der Waals surface area contributed by atoms with E-state index in [4.69, 9.17) is 0 Å². The average molecular weight is 225 g/mol. The number of esters is 1. The first-order valence-corrected chi connectivity index (χ1v) is 4.66. The van der Waals surface area contributed by atoms with Gasteiger partial charge in [-0.15, -0.1) is 0 Å². The molecule has 0 radical (unpaired) electrons. The zero-order chi connectivity index (χ0) is 12.0. The van der Waals surface area contributed by atoms with Crippen LogP contribution in [0.4, 0.5) is 0 Å². The topological polar surface area (TPSA) is 85.6 Å². The molecule has 1 N–H and O–H groups in total. The van der Waals surface area contributed by atoms with Crippen LogP contribution in [0.25, 0.3) is 0 Å². The van der Waals surface area contributed by atoms with Crippen LogP contribution in [0.15, 0.2) is 27.6 Å². The molecule has 1 heterocycles. The van der Waals surface area contributed by atoms with Gasteiger partial charge in [-0.25, -0.2) is 4.79 Å². The lowest BCUT2D eigenvalue weighted by Gasteiger charge is -2.03. The van der Waals surface area contributed by atoms with E-state index in [-0.39, 0.29) is 18.7 Å². The Morgan fingerprint density at radius 1 is 1.44 bits per heavy atom. The van der Waals surface area contributed by atoms with Gasteiger partial charge in [0.1, 0.15) is 12.8 Å². The van der Waals surface area contributed by atoms with Crippen molar-refractivity contribution in [1.29, 1.82) is 0 Å². The van der Waals surface area contributed by atoms with E-state index in [1.165, 1.54) is 6.07 Å². The normalized spacial score (nSPS) is 9.56. The average Bonchev–Trinajstić information content (AvgIpc) is 2.27. The minimum Gasteiger partial charge on any atom is -0.465 e. The van der Waals surface area contributed by atoms with Gasteiger partial charge in [0, 0.05) is 6.07 Å². The summed E-state index contributed by atoms with van der Waals surface area (Å²) in [5.74, 6) is -1.02. The van der Waals surface area contributed by atoms with E-state index < -0.39 is 17.5 Å². The molecule has 0 bridgehead atoms. The Hall–Kier alpha value is -2.11. The number of amides is 1. The zero-order valence-electron chi connectivity index (χ0n) is 8.69. The SMILES string of the molecule is CCOC(=O)CNC(=O)c1ccc(=O)oc1. The number of carbonyl (C=O) groups excluding carboxylic acids is 2. The summed E-state index contributed by atoms with van der Waals surface area (Å²) in [7, 11) is 0. The van der Waals surface area contributed by atoms with Crippen molar-refractivity contribution in [3.8, 4) is 0 Å². The highest BCUT2D eigenvalue weighted by molar-refractivity contribution is 5.95. The van der Waals surface area contributed by atoms with E-state index in [1.54, 1.807) is 6.92 Å². The van der Waals surface area contributed by atoms with E-state index in [2.05, 4.69) is 14.5 Å². The number of ether oxygens (including phenoxy) is 1. The maximum atomic E-state index is 11.4. The largest absolute Gasteiger partial charge is 0.465 e. The summed E-state index contributed by atoms with van der Waals surface area (Å²) in [6.07, 6.45) is 1.03. The Bertz CT molecular complexity index is 417. The summed E-state index contributed by atoms with van der Waals surface area (Å²) in [5.41, 5.74) is -0.370. The highest BCUT2D eigenvalue weighted by Crippen LogP contribution is 1.94. The predicted molar refractivity (Wildman–Crippen MR) is 53.9 cm³/mol. The van der Waals surface area contributed by atoms with Crippen LogP contribution < -0.4 is 10.9 Å². The first kappa shape index (κ1) is 12.0. The third-order valence-corrected chi connectivity index (χ3v) is 1.66. The van der Waals surface area contributed by atoms with Crippen molar-refractivity contribution in [1.82, 2.24) is 5.32 Å². The molecule has 1 aromatic heterocycles. The van der Waals surface area contributed by atoms with Gasteiger partial charge >= 0.3 is 11.6 Å². The number of rotatable bonds is 4. The minimum atomic E-state index is -0.540. The van der Waals surface area contributed by atoms with Crippen LogP contribution in [0, 0.1) is 0 Å². The molecule has 86 valence electrons. The second-order valence-electron chi connectivity index (χ2n) is 2.83. The van der Waals surface area contributed by atoms with E-state index in [0.29, 0.717) is 0 Å². The maximum Gasteiger partial charge on any atom is 0.335 e. The summed E-state index contributed by atoms with van der Waals surface area (Å²) in [5, 5.41) is 2.33. The van der Waals surface area contributed by atoms with E-state index >= 15 is 0 Å². The third-order valence-electron chi connectivity index (χ3n) is 1.66. The van der Waals surface area contributed by atoms with Crippen molar-refractivity contribution >= 4 is 11.9 Å². The van der Waals surface area contributed by atoms with Crippen LogP contribution in [0.1, 0.15) is 17.3 Å². The van der Waals surface area contributed by atoms with Gasteiger partial charge in [-0.05, 0) is 13.0 Å². The van der Waals surface area contributed by atoms with Crippen molar-refractivity contribution in [2.75, 3.05) is 13.2 Å². The fourth-order valence-corrected chi connectivity index (χ4v) is 0.954. The smallest absolute Gasteiger partial charge is 0.335 e. The molecular weight excluding hydrogens is 214 g/mol. The van der Waals surface area contributed by atoms with Crippen molar-refractivity contribution in [2.45, 2.75) is 6.92 Å². The Morgan fingerprint density at radius 2 is 2.19 bits per heavy atom. The molecule has 0 aliphatic heterocycles. The van der Waals surface area contributed by atoms with Crippen LogP contribution >= 0.6 is 0 Å².